The molecule has 0 aliphatic rings. The van der Waals surface area contributed by atoms with E-state index in [-0.39, 0.29) is 17.4 Å². The predicted molar refractivity (Wildman–Crippen MR) is 69.9 cm³/mol. The maximum absolute atomic E-state index is 10.5. The summed E-state index contributed by atoms with van der Waals surface area (Å²) >= 11 is 0. The number of nitrogens with zero attached hydrogens (tertiary/aromatic N) is 3. The molecular weight excluding hydrogens is 264 g/mol. The van der Waals surface area contributed by atoms with Crippen LogP contribution >= 0.6 is 0 Å². The molecule has 1 heterocycles. The number of amidine groups is 1. The van der Waals surface area contributed by atoms with Crippen LogP contribution in [0.2, 0.25) is 0 Å². The highest BCUT2D eigenvalue weighted by atomic mass is 16.6. The van der Waals surface area contributed by atoms with Crippen LogP contribution in [0.25, 0.3) is 0 Å². The minimum atomic E-state index is -0.492. The molecule has 0 saturated heterocycles. The van der Waals surface area contributed by atoms with E-state index in [1.54, 1.807) is 6.07 Å². The van der Waals surface area contributed by atoms with Gasteiger partial charge in [-0.25, -0.2) is 4.98 Å². The highest BCUT2D eigenvalue weighted by molar-refractivity contribution is 5.96. The van der Waals surface area contributed by atoms with E-state index in [1.807, 2.05) is 0 Å². The molecule has 2 aromatic rings. The number of nitrogens with two attached hydrogens (primary N) is 1. The van der Waals surface area contributed by atoms with Gasteiger partial charge in [0.2, 0.25) is 5.88 Å². The van der Waals surface area contributed by atoms with E-state index in [2.05, 4.69) is 10.1 Å². The van der Waals surface area contributed by atoms with E-state index in [9.17, 15) is 10.1 Å². The molecule has 1 aromatic heterocycles. The summed E-state index contributed by atoms with van der Waals surface area (Å²) in [6, 6.07) is 8.71. The maximum atomic E-state index is 10.5. The SMILES string of the molecule is N/C(=N\O)c1ccc(Oc2ccc([N+](=O)[O-])cc2)nc1. The lowest BCUT2D eigenvalue weighted by Crippen LogP contribution is -2.13. The number of rotatable bonds is 4. The van der Waals surface area contributed by atoms with Crippen molar-refractivity contribution in [2.24, 2.45) is 10.9 Å². The summed E-state index contributed by atoms with van der Waals surface area (Å²) in [4.78, 5) is 14.0. The second-order valence-electron chi connectivity index (χ2n) is 3.72. The van der Waals surface area contributed by atoms with Crippen LogP contribution in [0.5, 0.6) is 11.6 Å². The molecule has 2 rings (SSSR count). The number of hydrogen-bond acceptors (Lipinski definition) is 6. The molecule has 0 aliphatic carbocycles. The summed E-state index contributed by atoms with van der Waals surface area (Å²) < 4.78 is 5.40. The zero-order chi connectivity index (χ0) is 14.5. The fourth-order valence-corrected chi connectivity index (χ4v) is 1.41. The second-order valence-corrected chi connectivity index (χ2v) is 3.72. The van der Waals surface area contributed by atoms with Gasteiger partial charge in [-0.2, -0.15) is 0 Å². The van der Waals surface area contributed by atoms with Gasteiger partial charge < -0.3 is 15.7 Å². The molecule has 1 aromatic carbocycles. The number of benzene rings is 1. The van der Waals surface area contributed by atoms with Crippen molar-refractivity contribution in [3.63, 3.8) is 0 Å². The highest BCUT2D eigenvalue weighted by Gasteiger charge is 2.06. The molecule has 8 nitrogen and oxygen atoms in total. The monoisotopic (exact) mass is 274 g/mol. The van der Waals surface area contributed by atoms with E-state index in [0.29, 0.717) is 11.3 Å². The summed E-state index contributed by atoms with van der Waals surface area (Å²) in [6.07, 6.45) is 1.38. The smallest absolute Gasteiger partial charge is 0.269 e. The molecule has 0 unspecified atom stereocenters. The number of nitro groups is 1. The Morgan fingerprint density at radius 2 is 2.00 bits per heavy atom. The third-order valence-corrected chi connectivity index (χ3v) is 2.41. The van der Waals surface area contributed by atoms with Gasteiger partial charge in [0.05, 0.1) is 4.92 Å². The van der Waals surface area contributed by atoms with Crippen molar-refractivity contribution in [1.82, 2.24) is 4.98 Å². The summed E-state index contributed by atoms with van der Waals surface area (Å²) in [6.45, 7) is 0. The maximum Gasteiger partial charge on any atom is 0.269 e. The van der Waals surface area contributed by atoms with Crippen LogP contribution in [0.3, 0.4) is 0 Å². The molecule has 0 radical (unpaired) electrons. The van der Waals surface area contributed by atoms with Gasteiger partial charge in [0.25, 0.3) is 5.69 Å². The Labute approximate surface area is 113 Å². The van der Waals surface area contributed by atoms with Gasteiger partial charge >= 0.3 is 0 Å². The zero-order valence-electron chi connectivity index (χ0n) is 10.1. The Morgan fingerprint density at radius 3 is 2.50 bits per heavy atom. The highest BCUT2D eigenvalue weighted by Crippen LogP contribution is 2.22. The standard InChI is InChI=1S/C12H10N4O4/c13-12(15-17)8-1-6-11(14-7-8)20-10-4-2-9(3-5-10)16(18)19/h1-7,17H,(H2,13,15). The Kier molecular flexibility index (Phi) is 3.75. The van der Waals surface area contributed by atoms with Crippen molar-refractivity contribution >= 4 is 11.5 Å². The van der Waals surface area contributed by atoms with Gasteiger partial charge in [-0.3, -0.25) is 10.1 Å². The van der Waals surface area contributed by atoms with Crippen molar-refractivity contribution in [2.75, 3.05) is 0 Å². The van der Waals surface area contributed by atoms with Crippen LogP contribution < -0.4 is 10.5 Å². The Bertz CT molecular complexity index is 638. The van der Waals surface area contributed by atoms with E-state index in [1.165, 1.54) is 36.5 Å². The lowest BCUT2D eigenvalue weighted by atomic mass is 10.2. The second kappa shape index (κ2) is 5.65. The zero-order valence-corrected chi connectivity index (χ0v) is 10.1. The topological polar surface area (TPSA) is 124 Å². The minimum absolute atomic E-state index is 0.0208. The normalized spacial score (nSPS) is 11.1. The van der Waals surface area contributed by atoms with Gasteiger partial charge in [-0.1, -0.05) is 5.16 Å². The average molecular weight is 274 g/mol. The lowest BCUT2D eigenvalue weighted by molar-refractivity contribution is -0.384. The van der Waals surface area contributed by atoms with Crippen molar-refractivity contribution < 1.29 is 14.9 Å². The van der Waals surface area contributed by atoms with Crippen LogP contribution in [-0.4, -0.2) is 21.0 Å². The third kappa shape index (κ3) is 2.99. The molecule has 0 fully saturated rings. The number of non-ortho nitro benzene ring substituents is 1. The molecule has 0 saturated carbocycles. The average Bonchev–Trinajstić information content (AvgIpc) is 2.48. The Hall–Kier alpha value is -3.16. The molecule has 3 N–H and O–H groups in total. The molecule has 20 heavy (non-hydrogen) atoms. The summed E-state index contributed by atoms with van der Waals surface area (Å²) in [5, 5.41) is 21.9. The quantitative estimate of drug-likeness (QED) is 0.288. The van der Waals surface area contributed by atoms with Gasteiger partial charge in [0.15, 0.2) is 5.84 Å². The van der Waals surface area contributed by atoms with Gasteiger partial charge in [0, 0.05) is 30.0 Å². The summed E-state index contributed by atoms with van der Waals surface area (Å²) in [5.74, 6) is 0.646. The van der Waals surface area contributed by atoms with Crippen LogP contribution in [0.15, 0.2) is 47.8 Å². The molecule has 102 valence electrons. The summed E-state index contributed by atoms with van der Waals surface area (Å²) in [7, 11) is 0. The fraction of sp³-hybridized carbons (Fsp3) is 0. The van der Waals surface area contributed by atoms with Gasteiger partial charge in [0.1, 0.15) is 5.75 Å². The van der Waals surface area contributed by atoms with Crippen molar-refractivity contribution in [2.45, 2.75) is 0 Å². The number of oxime groups is 1. The molecule has 8 heteroatoms. The van der Waals surface area contributed by atoms with Crippen LogP contribution in [0, 0.1) is 10.1 Å². The van der Waals surface area contributed by atoms with Crippen LogP contribution in [0.1, 0.15) is 5.56 Å². The summed E-state index contributed by atoms with van der Waals surface area (Å²) in [5.41, 5.74) is 5.82. The molecular formula is C12H10N4O4. The first-order chi connectivity index (χ1) is 9.60. The molecule has 0 bridgehead atoms. The number of nitro benzene ring substituents is 1. The minimum Gasteiger partial charge on any atom is -0.439 e. The first kappa shape index (κ1) is 13.3. The lowest BCUT2D eigenvalue weighted by Gasteiger charge is -2.05. The fourth-order valence-electron chi connectivity index (χ4n) is 1.41. The Morgan fingerprint density at radius 1 is 1.30 bits per heavy atom. The number of ether oxygens (including phenoxy) is 1. The van der Waals surface area contributed by atoms with Crippen LogP contribution in [0.4, 0.5) is 5.69 Å². The largest absolute Gasteiger partial charge is 0.439 e. The Balaban J connectivity index is 2.12. The van der Waals surface area contributed by atoms with E-state index in [0.717, 1.165) is 0 Å². The van der Waals surface area contributed by atoms with E-state index < -0.39 is 4.92 Å². The van der Waals surface area contributed by atoms with Crippen molar-refractivity contribution in [1.29, 1.82) is 0 Å². The van der Waals surface area contributed by atoms with Gasteiger partial charge in [-0.15, -0.1) is 0 Å². The number of aromatic nitrogens is 1. The van der Waals surface area contributed by atoms with Crippen LogP contribution in [-0.2, 0) is 0 Å². The van der Waals surface area contributed by atoms with Gasteiger partial charge in [-0.05, 0) is 18.2 Å². The first-order valence-electron chi connectivity index (χ1n) is 5.46. The number of hydrogen-bond donors (Lipinski definition) is 2. The predicted octanol–water partition coefficient (Wildman–Crippen LogP) is 1.88. The van der Waals surface area contributed by atoms with Crippen molar-refractivity contribution in [3.05, 3.63) is 58.3 Å². The van der Waals surface area contributed by atoms with E-state index >= 15 is 0 Å². The molecule has 0 aliphatic heterocycles. The molecule has 0 atom stereocenters. The molecule has 0 amide bonds. The molecule has 0 spiro atoms. The van der Waals surface area contributed by atoms with Crippen molar-refractivity contribution in [3.8, 4) is 11.6 Å². The number of pyridine rings is 1. The van der Waals surface area contributed by atoms with E-state index in [4.69, 9.17) is 15.7 Å². The first-order valence-corrected chi connectivity index (χ1v) is 5.46. The third-order valence-electron chi connectivity index (χ3n) is 2.41.